The average Bonchev–Trinajstić information content (AvgIpc) is 2.23. The van der Waals surface area contributed by atoms with Gasteiger partial charge in [-0.05, 0) is 31.4 Å². The van der Waals surface area contributed by atoms with Crippen LogP contribution in [0.2, 0.25) is 0 Å². The number of hydrogen-bond acceptors (Lipinski definition) is 2. The molecule has 1 aromatic carbocycles. The number of rotatable bonds is 2. The molecule has 0 heterocycles. The summed E-state index contributed by atoms with van der Waals surface area (Å²) in [5.74, 6) is 0. The van der Waals surface area contributed by atoms with Gasteiger partial charge in [0.15, 0.2) is 0 Å². The van der Waals surface area contributed by atoms with E-state index in [1.807, 2.05) is 24.3 Å². The molecule has 1 atom stereocenters. The maximum Gasteiger partial charge on any atom is 0.0576 e. The van der Waals surface area contributed by atoms with Crippen molar-refractivity contribution in [3.05, 3.63) is 36.4 Å². The SMILES string of the molecule is Nc1ccccc1NC1CC=CCC1. The number of anilines is 2. The fourth-order valence-corrected chi connectivity index (χ4v) is 1.77. The van der Waals surface area contributed by atoms with E-state index in [1.54, 1.807) is 0 Å². The molecular weight excluding hydrogens is 172 g/mol. The zero-order valence-electron chi connectivity index (χ0n) is 8.24. The molecule has 0 bridgehead atoms. The molecule has 3 N–H and O–H groups in total. The van der Waals surface area contributed by atoms with Crippen LogP contribution in [0.25, 0.3) is 0 Å². The quantitative estimate of drug-likeness (QED) is 0.553. The van der Waals surface area contributed by atoms with Crippen molar-refractivity contribution in [3.8, 4) is 0 Å². The average molecular weight is 188 g/mol. The van der Waals surface area contributed by atoms with Gasteiger partial charge in [-0.3, -0.25) is 0 Å². The maximum atomic E-state index is 5.86. The standard InChI is InChI=1S/C12H16N2/c13-11-8-4-5-9-12(11)14-10-6-2-1-3-7-10/h1-2,4-5,8-10,14H,3,6-7,13H2. The smallest absolute Gasteiger partial charge is 0.0576 e. The van der Waals surface area contributed by atoms with Crippen molar-refractivity contribution >= 4 is 11.4 Å². The summed E-state index contributed by atoms with van der Waals surface area (Å²) in [4.78, 5) is 0. The Morgan fingerprint density at radius 3 is 2.79 bits per heavy atom. The first kappa shape index (κ1) is 9.13. The first-order valence-corrected chi connectivity index (χ1v) is 5.12. The molecule has 1 unspecified atom stereocenters. The summed E-state index contributed by atoms with van der Waals surface area (Å²) in [5.41, 5.74) is 7.76. The molecule has 1 aromatic rings. The van der Waals surface area contributed by atoms with Gasteiger partial charge in [-0.25, -0.2) is 0 Å². The van der Waals surface area contributed by atoms with E-state index in [0.717, 1.165) is 17.8 Å². The Morgan fingerprint density at radius 2 is 2.07 bits per heavy atom. The third-order valence-electron chi connectivity index (χ3n) is 2.59. The van der Waals surface area contributed by atoms with Crippen LogP contribution >= 0.6 is 0 Å². The van der Waals surface area contributed by atoms with Crippen LogP contribution in [-0.2, 0) is 0 Å². The molecule has 1 aliphatic carbocycles. The lowest BCUT2D eigenvalue weighted by molar-refractivity contribution is 0.645. The van der Waals surface area contributed by atoms with Crippen molar-refractivity contribution in [2.45, 2.75) is 25.3 Å². The Kier molecular flexibility index (Phi) is 2.73. The summed E-state index contributed by atoms with van der Waals surface area (Å²) in [5, 5.41) is 3.47. The number of benzene rings is 1. The molecule has 2 heteroatoms. The minimum atomic E-state index is 0.546. The van der Waals surface area contributed by atoms with E-state index in [0.29, 0.717) is 6.04 Å². The number of nitrogen functional groups attached to an aromatic ring is 1. The van der Waals surface area contributed by atoms with Gasteiger partial charge >= 0.3 is 0 Å². The molecule has 0 aromatic heterocycles. The largest absolute Gasteiger partial charge is 0.397 e. The van der Waals surface area contributed by atoms with E-state index in [4.69, 9.17) is 5.73 Å². The van der Waals surface area contributed by atoms with Crippen LogP contribution in [0.4, 0.5) is 11.4 Å². The van der Waals surface area contributed by atoms with Crippen molar-refractivity contribution < 1.29 is 0 Å². The predicted octanol–water partition coefficient (Wildman–Crippen LogP) is 2.79. The lowest BCUT2D eigenvalue weighted by Crippen LogP contribution is -2.20. The number of allylic oxidation sites excluding steroid dienone is 1. The predicted molar refractivity (Wildman–Crippen MR) is 61.3 cm³/mol. The number of nitrogens with two attached hydrogens (primary N) is 1. The van der Waals surface area contributed by atoms with Crippen molar-refractivity contribution in [2.75, 3.05) is 11.1 Å². The second-order valence-electron chi connectivity index (χ2n) is 3.71. The van der Waals surface area contributed by atoms with Crippen LogP contribution in [0, 0.1) is 0 Å². The number of para-hydroxylation sites is 2. The van der Waals surface area contributed by atoms with E-state index in [1.165, 1.54) is 12.8 Å². The van der Waals surface area contributed by atoms with Crippen LogP contribution in [0.15, 0.2) is 36.4 Å². The second-order valence-corrected chi connectivity index (χ2v) is 3.71. The number of nitrogens with one attached hydrogen (secondary N) is 1. The fraction of sp³-hybridized carbons (Fsp3) is 0.333. The first-order chi connectivity index (χ1) is 6.86. The van der Waals surface area contributed by atoms with Crippen LogP contribution in [-0.4, -0.2) is 6.04 Å². The molecule has 74 valence electrons. The van der Waals surface area contributed by atoms with Crippen molar-refractivity contribution in [1.29, 1.82) is 0 Å². The fourth-order valence-electron chi connectivity index (χ4n) is 1.77. The Balaban J connectivity index is 2.03. The van der Waals surface area contributed by atoms with Gasteiger partial charge in [0, 0.05) is 6.04 Å². The molecule has 0 aliphatic heterocycles. The van der Waals surface area contributed by atoms with Gasteiger partial charge in [0.05, 0.1) is 11.4 Å². The molecule has 2 rings (SSSR count). The summed E-state index contributed by atoms with van der Waals surface area (Å²) >= 11 is 0. The Morgan fingerprint density at radius 1 is 1.21 bits per heavy atom. The van der Waals surface area contributed by atoms with Gasteiger partial charge in [0.1, 0.15) is 0 Å². The molecule has 0 amide bonds. The lowest BCUT2D eigenvalue weighted by Gasteiger charge is -2.21. The summed E-state index contributed by atoms with van der Waals surface area (Å²) in [6.45, 7) is 0. The highest BCUT2D eigenvalue weighted by Gasteiger charge is 2.09. The van der Waals surface area contributed by atoms with E-state index in [9.17, 15) is 0 Å². The van der Waals surface area contributed by atoms with Gasteiger partial charge in [0.25, 0.3) is 0 Å². The zero-order chi connectivity index (χ0) is 9.80. The van der Waals surface area contributed by atoms with Gasteiger partial charge in [-0.1, -0.05) is 24.3 Å². The molecule has 0 saturated heterocycles. The number of hydrogen-bond donors (Lipinski definition) is 2. The van der Waals surface area contributed by atoms with Crippen LogP contribution < -0.4 is 11.1 Å². The maximum absolute atomic E-state index is 5.86. The van der Waals surface area contributed by atoms with Crippen molar-refractivity contribution in [3.63, 3.8) is 0 Å². The Labute approximate surface area is 84.8 Å². The molecule has 0 radical (unpaired) electrons. The van der Waals surface area contributed by atoms with Gasteiger partial charge in [0.2, 0.25) is 0 Å². The lowest BCUT2D eigenvalue weighted by atomic mass is 10.0. The van der Waals surface area contributed by atoms with Gasteiger partial charge in [-0.15, -0.1) is 0 Å². The highest BCUT2D eigenvalue weighted by atomic mass is 14.9. The topological polar surface area (TPSA) is 38.0 Å². The summed E-state index contributed by atoms with van der Waals surface area (Å²) in [6, 6.07) is 8.48. The molecule has 0 spiro atoms. The Hall–Kier alpha value is -1.44. The summed E-state index contributed by atoms with van der Waals surface area (Å²) in [7, 11) is 0. The molecule has 14 heavy (non-hydrogen) atoms. The molecular formula is C12H16N2. The van der Waals surface area contributed by atoms with E-state index >= 15 is 0 Å². The van der Waals surface area contributed by atoms with Gasteiger partial charge < -0.3 is 11.1 Å². The summed E-state index contributed by atoms with van der Waals surface area (Å²) < 4.78 is 0. The van der Waals surface area contributed by atoms with Crippen molar-refractivity contribution in [2.24, 2.45) is 0 Å². The summed E-state index contributed by atoms with van der Waals surface area (Å²) in [6.07, 6.45) is 7.95. The van der Waals surface area contributed by atoms with Crippen molar-refractivity contribution in [1.82, 2.24) is 0 Å². The van der Waals surface area contributed by atoms with Gasteiger partial charge in [-0.2, -0.15) is 0 Å². The molecule has 0 saturated carbocycles. The monoisotopic (exact) mass is 188 g/mol. The molecule has 1 aliphatic rings. The highest BCUT2D eigenvalue weighted by Crippen LogP contribution is 2.21. The minimum absolute atomic E-state index is 0.546. The zero-order valence-corrected chi connectivity index (χ0v) is 8.24. The second kappa shape index (κ2) is 4.18. The van der Waals surface area contributed by atoms with E-state index < -0.39 is 0 Å². The molecule has 0 fully saturated rings. The third-order valence-corrected chi connectivity index (χ3v) is 2.59. The van der Waals surface area contributed by atoms with E-state index in [2.05, 4.69) is 17.5 Å². The highest BCUT2D eigenvalue weighted by molar-refractivity contribution is 5.66. The van der Waals surface area contributed by atoms with E-state index in [-0.39, 0.29) is 0 Å². The minimum Gasteiger partial charge on any atom is -0.397 e. The van der Waals surface area contributed by atoms with Crippen LogP contribution in [0.1, 0.15) is 19.3 Å². The Bertz CT molecular complexity index is 331. The third kappa shape index (κ3) is 2.08. The normalized spacial score (nSPS) is 20.7. The van der Waals surface area contributed by atoms with Crippen LogP contribution in [0.5, 0.6) is 0 Å². The molecule has 2 nitrogen and oxygen atoms in total. The van der Waals surface area contributed by atoms with Crippen LogP contribution in [0.3, 0.4) is 0 Å². The first-order valence-electron chi connectivity index (χ1n) is 5.12.